The van der Waals surface area contributed by atoms with E-state index in [1.807, 2.05) is 60.8 Å². The van der Waals surface area contributed by atoms with Crippen LogP contribution in [0.3, 0.4) is 0 Å². The van der Waals surface area contributed by atoms with Crippen LogP contribution in [0.25, 0.3) is 6.08 Å². The first-order valence-electron chi connectivity index (χ1n) is 8.19. The summed E-state index contributed by atoms with van der Waals surface area (Å²) in [5.74, 6) is -0.113. The monoisotopic (exact) mass is 348 g/mol. The van der Waals surface area contributed by atoms with Crippen molar-refractivity contribution < 1.29 is 4.79 Å². The Morgan fingerprint density at radius 1 is 1.12 bits per heavy atom. The van der Waals surface area contributed by atoms with Crippen molar-refractivity contribution in [1.82, 2.24) is 10.3 Å². The number of benzene rings is 2. The van der Waals surface area contributed by atoms with Gasteiger partial charge >= 0.3 is 0 Å². The molecule has 0 fully saturated rings. The third-order valence-electron chi connectivity index (χ3n) is 3.75. The van der Waals surface area contributed by atoms with E-state index in [1.54, 1.807) is 17.4 Å². The van der Waals surface area contributed by atoms with E-state index in [2.05, 4.69) is 22.4 Å². The molecule has 0 unspecified atom stereocenters. The van der Waals surface area contributed by atoms with Crippen LogP contribution in [0.1, 0.15) is 27.4 Å². The van der Waals surface area contributed by atoms with E-state index >= 15 is 0 Å². The van der Waals surface area contributed by atoms with Gasteiger partial charge in [0, 0.05) is 17.9 Å². The van der Waals surface area contributed by atoms with Gasteiger partial charge in [-0.05, 0) is 24.1 Å². The molecule has 0 aliphatic heterocycles. The van der Waals surface area contributed by atoms with E-state index in [4.69, 9.17) is 0 Å². The maximum absolute atomic E-state index is 11.9. The summed E-state index contributed by atoms with van der Waals surface area (Å²) < 4.78 is 0. The Morgan fingerprint density at radius 3 is 2.64 bits per heavy atom. The second kappa shape index (κ2) is 8.40. The second-order valence-electron chi connectivity index (χ2n) is 5.86. The average Bonchev–Trinajstić information content (AvgIpc) is 3.08. The highest BCUT2D eigenvalue weighted by molar-refractivity contribution is 7.09. The molecule has 4 heteroatoms. The molecule has 0 saturated carbocycles. The number of aromatic nitrogens is 1. The topological polar surface area (TPSA) is 42.0 Å². The van der Waals surface area contributed by atoms with Gasteiger partial charge in [-0.1, -0.05) is 60.2 Å². The van der Waals surface area contributed by atoms with Crippen LogP contribution in [-0.2, 0) is 17.8 Å². The van der Waals surface area contributed by atoms with Gasteiger partial charge < -0.3 is 5.32 Å². The third-order valence-corrected chi connectivity index (χ3v) is 4.64. The van der Waals surface area contributed by atoms with E-state index < -0.39 is 0 Å². The Balaban J connectivity index is 1.50. The molecule has 0 bridgehead atoms. The van der Waals surface area contributed by atoms with Crippen molar-refractivity contribution in [3.63, 3.8) is 0 Å². The molecule has 0 spiro atoms. The van der Waals surface area contributed by atoms with Crippen molar-refractivity contribution in [2.24, 2.45) is 0 Å². The largest absolute Gasteiger partial charge is 0.347 e. The van der Waals surface area contributed by atoms with Crippen LogP contribution in [0.15, 0.2) is 66.1 Å². The van der Waals surface area contributed by atoms with E-state index in [-0.39, 0.29) is 5.91 Å². The maximum atomic E-state index is 11.9. The zero-order valence-electron chi connectivity index (χ0n) is 14.1. The highest BCUT2D eigenvalue weighted by atomic mass is 32.1. The number of hydrogen-bond donors (Lipinski definition) is 1. The van der Waals surface area contributed by atoms with Gasteiger partial charge in [-0.25, -0.2) is 4.98 Å². The molecule has 1 N–H and O–H groups in total. The van der Waals surface area contributed by atoms with Gasteiger partial charge in [-0.2, -0.15) is 0 Å². The Morgan fingerprint density at radius 2 is 1.88 bits per heavy atom. The Labute approximate surface area is 152 Å². The fourth-order valence-electron chi connectivity index (χ4n) is 2.37. The van der Waals surface area contributed by atoms with Crippen molar-refractivity contribution in [3.05, 3.63) is 93.4 Å². The molecule has 126 valence electrons. The molecule has 0 aliphatic rings. The lowest BCUT2D eigenvalue weighted by molar-refractivity contribution is -0.116. The van der Waals surface area contributed by atoms with Crippen LogP contribution in [0, 0.1) is 6.92 Å². The number of hydrogen-bond acceptors (Lipinski definition) is 3. The SMILES string of the molecule is Cc1ccc(/C=C/C(=O)NCc2csc(Cc3ccccc3)n2)cc1. The minimum Gasteiger partial charge on any atom is -0.347 e. The van der Waals surface area contributed by atoms with Crippen LogP contribution >= 0.6 is 11.3 Å². The fraction of sp³-hybridized carbons (Fsp3) is 0.143. The average molecular weight is 348 g/mol. The molecule has 0 radical (unpaired) electrons. The first kappa shape index (κ1) is 17.1. The van der Waals surface area contributed by atoms with Crippen LogP contribution in [0.4, 0.5) is 0 Å². The first-order chi connectivity index (χ1) is 12.2. The number of nitrogens with one attached hydrogen (secondary N) is 1. The van der Waals surface area contributed by atoms with Gasteiger partial charge in [-0.3, -0.25) is 4.79 Å². The van der Waals surface area contributed by atoms with Gasteiger partial charge in [0.2, 0.25) is 5.91 Å². The quantitative estimate of drug-likeness (QED) is 0.672. The van der Waals surface area contributed by atoms with Crippen LogP contribution in [-0.4, -0.2) is 10.9 Å². The summed E-state index contributed by atoms with van der Waals surface area (Å²) in [6, 6.07) is 18.3. The molecule has 0 atom stereocenters. The normalized spacial score (nSPS) is 10.9. The predicted molar refractivity (Wildman–Crippen MR) is 103 cm³/mol. The van der Waals surface area contributed by atoms with Gasteiger partial charge in [0.15, 0.2) is 0 Å². The van der Waals surface area contributed by atoms with Gasteiger partial charge in [-0.15, -0.1) is 11.3 Å². The van der Waals surface area contributed by atoms with Crippen LogP contribution in [0.5, 0.6) is 0 Å². The number of rotatable bonds is 6. The summed E-state index contributed by atoms with van der Waals surface area (Å²) in [5.41, 5.74) is 4.36. The zero-order chi connectivity index (χ0) is 17.5. The Kier molecular flexibility index (Phi) is 5.75. The minimum atomic E-state index is -0.113. The number of aryl methyl sites for hydroxylation is 1. The van der Waals surface area contributed by atoms with Crippen molar-refractivity contribution in [3.8, 4) is 0 Å². The molecule has 1 aromatic heterocycles. The molecule has 3 nitrogen and oxygen atoms in total. The molecular weight excluding hydrogens is 328 g/mol. The third kappa shape index (κ3) is 5.40. The lowest BCUT2D eigenvalue weighted by Crippen LogP contribution is -2.20. The first-order valence-corrected chi connectivity index (χ1v) is 9.07. The number of thiazole rings is 1. The van der Waals surface area contributed by atoms with Crippen molar-refractivity contribution in [1.29, 1.82) is 0 Å². The lowest BCUT2D eigenvalue weighted by atomic mass is 10.1. The number of nitrogens with zero attached hydrogens (tertiary/aromatic N) is 1. The standard InChI is InChI=1S/C21H20N2OS/c1-16-7-9-17(10-8-16)11-12-20(24)22-14-19-15-25-21(23-19)13-18-5-3-2-4-6-18/h2-12,15H,13-14H2,1H3,(H,22,24)/b12-11+. The van der Waals surface area contributed by atoms with Crippen molar-refractivity contribution in [2.45, 2.75) is 19.9 Å². The number of amides is 1. The lowest BCUT2D eigenvalue weighted by Gasteiger charge is -1.99. The van der Waals surface area contributed by atoms with E-state index in [1.165, 1.54) is 11.1 Å². The maximum Gasteiger partial charge on any atom is 0.244 e. The van der Waals surface area contributed by atoms with E-state index in [0.717, 1.165) is 22.7 Å². The minimum absolute atomic E-state index is 0.113. The summed E-state index contributed by atoms with van der Waals surface area (Å²) in [6.07, 6.45) is 4.20. The summed E-state index contributed by atoms with van der Waals surface area (Å²) in [7, 11) is 0. The molecule has 0 aliphatic carbocycles. The molecular formula is C21H20N2OS. The molecule has 1 heterocycles. The molecule has 1 amide bonds. The van der Waals surface area contributed by atoms with Crippen molar-refractivity contribution >= 4 is 23.3 Å². The van der Waals surface area contributed by atoms with E-state index in [9.17, 15) is 4.79 Å². The number of carbonyl (C=O) groups is 1. The molecule has 2 aromatic carbocycles. The Hall–Kier alpha value is -2.72. The summed E-state index contributed by atoms with van der Waals surface area (Å²) in [4.78, 5) is 16.5. The van der Waals surface area contributed by atoms with Gasteiger partial charge in [0.25, 0.3) is 0 Å². The summed E-state index contributed by atoms with van der Waals surface area (Å²) in [5, 5.41) is 5.94. The molecule has 25 heavy (non-hydrogen) atoms. The summed E-state index contributed by atoms with van der Waals surface area (Å²) >= 11 is 1.63. The van der Waals surface area contributed by atoms with Crippen LogP contribution < -0.4 is 5.32 Å². The zero-order valence-corrected chi connectivity index (χ0v) is 14.9. The molecule has 3 aromatic rings. The van der Waals surface area contributed by atoms with Gasteiger partial charge in [0.05, 0.1) is 17.2 Å². The highest BCUT2D eigenvalue weighted by Crippen LogP contribution is 2.14. The number of carbonyl (C=O) groups excluding carboxylic acids is 1. The smallest absolute Gasteiger partial charge is 0.244 e. The fourth-order valence-corrected chi connectivity index (χ4v) is 3.20. The van der Waals surface area contributed by atoms with Crippen molar-refractivity contribution in [2.75, 3.05) is 0 Å². The summed E-state index contributed by atoms with van der Waals surface area (Å²) in [6.45, 7) is 2.49. The molecule has 3 rings (SSSR count). The van der Waals surface area contributed by atoms with E-state index in [0.29, 0.717) is 6.54 Å². The highest BCUT2D eigenvalue weighted by Gasteiger charge is 2.04. The van der Waals surface area contributed by atoms with Crippen LogP contribution in [0.2, 0.25) is 0 Å². The Bertz CT molecular complexity index is 851. The van der Waals surface area contributed by atoms with Gasteiger partial charge in [0.1, 0.15) is 0 Å². The predicted octanol–water partition coefficient (Wildman–Crippen LogP) is 4.37. The molecule has 0 saturated heterocycles. The second-order valence-corrected chi connectivity index (χ2v) is 6.80.